The number of hydrogen-bond donors (Lipinski definition) is 3. The number of aliphatic hydroxyl groups excluding tert-OH is 1. The van der Waals surface area contributed by atoms with Crippen molar-refractivity contribution < 1.29 is 19.7 Å². The molecule has 0 unspecified atom stereocenters. The lowest BCUT2D eigenvalue weighted by atomic mass is 9.94. The summed E-state index contributed by atoms with van der Waals surface area (Å²) in [5.74, 6) is -0.0868. The van der Waals surface area contributed by atoms with E-state index in [1.165, 1.54) is 0 Å². The summed E-state index contributed by atoms with van der Waals surface area (Å²) in [6, 6.07) is 12.5. The van der Waals surface area contributed by atoms with Gasteiger partial charge >= 0.3 is 6.09 Å². The minimum absolute atomic E-state index is 0.0225. The summed E-state index contributed by atoms with van der Waals surface area (Å²) in [6.45, 7) is 3.82. The summed E-state index contributed by atoms with van der Waals surface area (Å²) in [7, 11) is 0. The lowest BCUT2D eigenvalue weighted by Crippen LogP contribution is -2.22. The summed E-state index contributed by atoms with van der Waals surface area (Å²) < 4.78 is 6.52. The highest BCUT2D eigenvalue weighted by Gasteiger charge is 2.26. The molecule has 2 aromatic carbocycles. The predicted molar refractivity (Wildman–Crippen MR) is 106 cm³/mol. The molecule has 2 aromatic rings. The van der Waals surface area contributed by atoms with Crippen LogP contribution in [0.1, 0.15) is 30.6 Å². The van der Waals surface area contributed by atoms with Crippen LogP contribution < -0.4 is 5.32 Å². The van der Waals surface area contributed by atoms with Crippen molar-refractivity contribution in [2.45, 2.75) is 26.4 Å². The molecule has 0 aromatic heterocycles. The summed E-state index contributed by atoms with van der Waals surface area (Å²) >= 11 is 2.14. The van der Waals surface area contributed by atoms with Gasteiger partial charge in [-0.25, -0.2) is 4.79 Å². The zero-order valence-electron chi connectivity index (χ0n) is 14.2. The number of ether oxygens (including phenoxy) is 1. The standard InChI is InChI=1S/C19H22INO4/c1-12-3-6-15(7-4-12)21-19(24)25-18(13(2)9-10-22)16-11-14(20)5-8-17(16)23/h3-8,11,13,18,22-23H,9-10H2,1-2H3,(H,21,24)/t13-,18+/m1/s1. The van der Waals surface area contributed by atoms with E-state index in [2.05, 4.69) is 27.9 Å². The lowest BCUT2D eigenvalue weighted by molar-refractivity contribution is 0.0652. The number of amides is 1. The van der Waals surface area contributed by atoms with Crippen LogP contribution >= 0.6 is 22.6 Å². The number of rotatable bonds is 6. The van der Waals surface area contributed by atoms with E-state index in [0.29, 0.717) is 17.7 Å². The van der Waals surface area contributed by atoms with Crippen molar-refractivity contribution in [2.24, 2.45) is 5.92 Å². The number of aromatic hydroxyl groups is 1. The smallest absolute Gasteiger partial charge is 0.412 e. The Balaban J connectivity index is 2.19. The summed E-state index contributed by atoms with van der Waals surface area (Å²) in [6.07, 6.45) is -0.808. The number of carbonyl (C=O) groups excluding carboxylic acids is 1. The Morgan fingerprint density at radius 1 is 1.24 bits per heavy atom. The maximum Gasteiger partial charge on any atom is 0.412 e. The average Bonchev–Trinajstić information content (AvgIpc) is 2.57. The monoisotopic (exact) mass is 455 g/mol. The molecule has 25 heavy (non-hydrogen) atoms. The molecule has 0 bridgehead atoms. The molecule has 0 fully saturated rings. The fourth-order valence-corrected chi connectivity index (χ4v) is 3.01. The van der Waals surface area contributed by atoms with E-state index in [4.69, 9.17) is 4.74 Å². The van der Waals surface area contributed by atoms with Crippen molar-refractivity contribution in [1.82, 2.24) is 0 Å². The van der Waals surface area contributed by atoms with Gasteiger partial charge in [0.1, 0.15) is 11.9 Å². The van der Waals surface area contributed by atoms with Crippen molar-refractivity contribution in [3.8, 4) is 5.75 Å². The second-order valence-electron chi connectivity index (χ2n) is 6.01. The predicted octanol–water partition coefficient (Wildman–Crippen LogP) is 4.61. The van der Waals surface area contributed by atoms with Gasteiger partial charge in [0.25, 0.3) is 0 Å². The molecule has 5 nitrogen and oxygen atoms in total. The number of anilines is 1. The Hall–Kier alpha value is -1.80. The molecular weight excluding hydrogens is 433 g/mol. The van der Waals surface area contributed by atoms with Gasteiger partial charge in [0.2, 0.25) is 0 Å². The van der Waals surface area contributed by atoms with E-state index in [1.807, 2.05) is 26.0 Å². The first-order chi connectivity index (χ1) is 11.9. The molecule has 6 heteroatoms. The number of aryl methyl sites for hydroxylation is 1. The van der Waals surface area contributed by atoms with Crippen LogP contribution in [-0.2, 0) is 4.74 Å². The van der Waals surface area contributed by atoms with Crippen LogP contribution in [0.2, 0.25) is 0 Å². The van der Waals surface area contributed by atoms with E-state index >= 15 is 0 Å². The van der Waals surface area contributed by atoms with Gasteiger partial charge in [0, 0.05) is 21.4 Å². The summed E-state index contributed by atoms with van der Waals surface area (Å²) in [5.41, 5.74) is 2.26. The number of nitrogens with one attached hydrogen (secondary N) is 1. The summed E-state index contributed by atoms with van der Waals surface area (Å²) in [4.78, 5) is 12.3. The maximum absolute atomic E-state index is 12.3. The lowest BCUT2D eigenvalue weighted by Gasteiger charge is -2.25. The van der Waals surface area contributed by atoms with Crippen molar-refractivity contribution in [1.29, 1.82) is 0 Å². The normalized spacial score (nSPS) is 13.1. The molecule has 2 rings (SSSR count). The molecule has 0 heterocycles. The largest absolute Gasteiger partial charge is 0.508 e. The van der Waals surface area contributed by atoms with Gasteiger partial charge in [-0.2, -0.15) is 0 Å². The van der Waals surface area contributed by atoms with Gasteiger partial charge in [-0.15, -0.1) is 0 Å². The Morgan fingerprint density at radius 2 is 1.92 bits per heavy atom. The highest BCUT2D eigenvalue weighted by Crippen LogP contribution is 2.35. The quantitative estimate of drug-likeness (QED) is 0.556. The van der Waals surface area contributed by atoms with Gasteiger partial charge < -0.3 is 14.9 Å². The highest BCUT2D eigenvalue weighted by molar-refractivity contribution is 14.1. The SMILES string of the molecule is Cc1ccc(NC(=O)O[C@H](c2cc(I)ccc2O)[C@H](C)CCO)cc1. The second-order valence-corrected chi connectivity index (χ2v) is 7.26. The molecular formula is C19H22INO4. The average molecular weight is 455 g/mol. The van der Waals surface area contributed by atoms with E-state index in [9.17, 15) is 15.0 Å². The first kappa shape index (κ1) is 19.5. The topological polar surface area (TPSA) is 78.8 Å². The highest BCUT2D eigenvalue weighted by atomic mass is 127. The number of benzene rings is 2. The van der Waals surface area contributed by atoms with Gasteiger partial charge in [-0.3, -0.25) is 5.32 Å². The number of phenolic OH excluding ortho intramolecular Hbond substituents is 1. The zero-order valence-corrected chi connectivity index (χ0v) is 16.4. The van der Waals surface area contributed by atoms with Crippen molar-refractivity contribution in [2.75, 3.05) is 11.9 Å². The number of carbonyl (C=O) groups is 1. The third kappa shape index (κ3) is 5.61. The van der Waals surface area contributed by atoms with Crippen LogP contribution in [0.4, 0.5) is 10.5 Å². The molecule has 0 spiro atoms. The first-order valence-electron chi connectivity index (χ1n) is 8.04. The fourth-order valence-electron chi connectivity index (χ4n) is 2.49. The van der Waals surface area contributed by atoms with Gasteiger partial charge in [0.05, 0.1) is 0 Å². The van der Waals surface area contributed by atoms with Crippen LogP contribution in [0.25, 0.3) is 0 Å². The molecule has 134 valence electrons. The first-order valence-corrected chi connectivity index (χ1v) is 9.12. The van der Waals surface area contributed by atoms with Crippen LogP contribution in [0.5, 0.6) is 5.75 Å². The molecule has 3 N–H and O–H groups in total. The van der Waals surface area contributed by atoms with Crippen LogP contribution in [-0.4, -0.2) is 22.9 Å². The Labute approximate surface area is 161 Å². The van der Waals surface area contributed by atoms with Crippen molar-refractivity contribution in [3.63, 3.8) is 0 Å². The maximum atomic E-state index is 12.3. The van der Waals surface area contributed by atoms with Gasteiger partial charge in [0.15, 0.2) is 0 Å². The van der Waals surface area contributed by atoms with Crippen LogP contribution in [0.15, 0.2) is 42.5 Å². The van der Waals surface area contributed by atoms with Crippen molar-refractivity contribution in [3.05, 3.63) is 57.2 Å². The Kier molecular flexibility index (Phi) is 7.07. The Bertz CT molecular complexity index is 718. The fraction of sp³-hybridized carbons (Fsp3) is 0.316. The van der Waals surface area contributed by atoms with Crippen molar-refractivity contribution >= 4 is 34.4 Å². The molecule has 1 amide bonds. The number of aliphatic hydroxyl groups is 1. The van der Waals surface area contributed by atoms with Crippen LogP contribution in [0.3, 0.4) is 0 Å². The van der Waals surface area contributed by atoms with Gasteiger partial charge in [-0.1, -0.05) is 24.6 Å². The molecule has 0 aliphatic heterocycles. The second kappa shape index (κ2) is 9.05. The van der Waals surface area contributed by atoms with Crippen LogP contribution in [0, 0.1) is 16.4 Å². The minimum atomic E-state index is -0.660. The van der Waals surface area contributed by atoms with E-state index in [0.717, 1.165) is 9.13 Å². The van der Waals surface area contributed by atoms with E-state index in [-0.39, 0.29) is 18.3 Å². The van der Waals surface area contributed by atoms with E-state index < -0.39 is 12.2 Å². The molecule has 0 aliphatic rings. The molecule has 0 saturated heterocycles. The third-order valence-corrected chi connectivity index (χ3v) is 4.60. The zero-order chi connectivity index (χ0) is 18.4. The summed E-state index contributed by atoms with van der Waals surface area (Å²) in [5, 5.41) is 22.1. The molecule has 0 radical (unpaired) electrons. The Morgan fingerprint density at radius 3 is 2.56 bits per heavy atom. The molecule has 0 saturated carbocycles. The van der Waals surface area contributed by atoms with Gasteiger partial charge in [-0.05, 0) is 72.2 Å². The molecule has 2 atom stereocenters. The minimum Gasteiger partial charge on any atom is -0.508 e. The third-order valence-electron chi connectivity index (χ3n) is 3.93. The molecule has 0 aliphatic carbocycles. The number of hydrogen-bond acceptors (Lipinski definition) is 4. The number of halogens is 1. The van der Waals surface area contributed by atoms with E-state index in [1.54, 1.807) is 30.3 Å². The number of phenols is 1.